The van der Waals surface area contributed by atoms with Crippen LogP contribution in [0.2, 0.25) is 0 Å². The van der Waals surface area contributed by atoms with Crippen molar-refractivity contribution in [3.05, 3.63) is 0 Å². The molecular formula is C20H38IN5O. The van der Waals surface area contributed by atoms with Crippen molar-refractivity contribution in [2.24, 2.45) is 10.9 Å². The van der Waals surface area contributed by atoms with Gasteiger partial charge >= 0.3 is 0 Å². The van der Waals surface area contributed by atoms with E-state index in [0.29, 0.717) is 18.0 Å². The van der Waals surface area contributed by atoms with Crippen molar-refractivity contribution < 1.29 is 4.79 Å². The number of hydrogen-bond donors (Lipinski definition) is 2. The van der Waals surface area contributed by atoms with E-state index < -0.39 is 0 Å². The number of rotatable bonds is 5. The molecule has 1 aliphatic carbocycles. The van der Waals surface area contributed by atoms with Crippen molar-refractivity contribution in [2.45, 2.75) is 70.4 Å². The number of nitrogens with one attached hydrogen (secondary N) is 2. The Labute approximate surface area is 181 Å². The van der Waals surface area contributed by atoms with E-state index in [2.05, 4.69) is 34.4 Å². The molecule has 0 aromatic heterocycles. The lowest BCUT2D eigenvalue weighted by molar-refractivity contribution is -0.135. The standard InChI is InChI=1S/C20H37N5O.HI/c1-3-21-20(22-14-18-10-7-12-24(18)2)23-17-11-13-25(15-17)19(26)16-8-5-4-6-9-16;/h16-18H,3-15H2,1-2H3,(H2,21,22,23);1H. The Morgan fingerprint density at radius 3 is 2.52 bits per heavy atom. The number of carbonyl (C=O) groups is 1. The molecule has 2 atom stereocenters. The summed E-state index contributed by atoms with van der Waals surface area (Å²) in [5, 5.41) is 6.94. The SMILES string of the molecule is CCNC(=NCC1CCCN1C)NC1CCN(C(=O)C2CCCCC2)C1.I. The van der Waals surface area contributed by atoms with Crippen LogP contribution in [0.25, 0.3) is 0 Å². The quantitative estimate of drug-likeness (QED) is 0.353. The van der Waals surface area contributed by atoms with E-state index >= 15 is 0 Å². The Balaban J connectivity index is 0.00000261. The molecule has 0 aromatic rings. The Morgan fingerprint density at radius 2 is 1.85 bits per heavy atom. The average molecular weight is 491 g/mol. The molecule has 0 bridgehead atoms. The minimum Gasteiger partial charge on any atom is -0.357 e. The summed E-state index contributed by atoms with van der Waals surface area (Å²) in [7, 11) is 2.19. The van der Waals surface area contributed by atoms with Gasteiger partial charge in [-0.2, -0.15) is 0 Å². The lowest BCUT2D eigenvalue weighted by atomic mass is 9.88. The third-order valence-electron chi connectivity index (χ3n) is 6.27. The lowest BCUT2D eigenvalue weighted by Crippen LogP contribution is -2.46. The fourth-order valence-electron chi connectivity index (χ4n) is 4.61. The topological polar surface area (TPSA) is 60.0 Å². The summed E-state index contributed by atoms with van der Waals surface area (Å²) in [6.07, 6.45) is 9.46. The third kappa shape index (κ3) is 6.48. The minimum atomic E-state index is 0. The van der Waals surface area contributed by atoms with Gasteiger partial charge in [-0.1, -0.05) is 19.3 Å². The number of carbonyl (C=O) groups excluding carboxylic acids is 1. The van der Waals surface area contributed by atoms with Crippen molar-refractivity contribution in [3.63, 3.8) is 0 Å². The van der Waals surface area contributed by atoms with E-state index in [1.807, 2.05) is 0 Å². The van der Waals surface area contributed by atoms with Gasteiger partial charge in [0.1, 0.15) is 0 Å². The van der Waals surface area contributed by atoms with Gasteiger partial charge in [-0.25, -0.2) is 0 Å². The monoisotopic (exact) mass is 491 g/mol. The molecular weight excluding hydrogens is 453 g/mol. The highest BCUT2D eigenvalue weighted by molar-refractivity contribution is 14.0. The molecule has 2 unspecified atom stereocenters. The second-order valence-corrected chi connectivity index (χ2v) is 8.25. The third-order valence-corrected chi connectivity index (χ3v) is 6.27. The van der Waals surface area contributed by atoms with Gasteiger partial charge in [0.25, 0.3) is 0 Å². The predicted octanol–water partition coefficient (Wildman–Crippen LogP) is 2.43. The van der Waals surface area contributed by atoms with Gasteiger partial charge in [-0.3, -0.25) is 9.79 Å². The van der Waals surface area contributed by atoms with Crippen molar-refractivity contribution in [3.8, 4) is 0 Å². The van der Waals surface area contributed by atoms with Gasteiger partial charge in [0.15, 0.2) is 5.96 Å². The zero-order valence-electron chi connectivity index (χ0n) is 17.1. The molecule has 2 heterocycles. The van der Waals surface area contributed by atoms with Crippen LogP contribution in [0, 0.1) is 5.92 Å². The Morgan fingerprint density at radius 1 is 1.07 bits per heavy atom. The van der Waals surface area contributed by atoms with Crippen LogP contribution in [0.1, 0.15) is 58.3 Å². The van der Waals surface area contributed by atoms with Crippen molar-refractivity contribution in [2.75, 3.05) is 39.8 Å². The number of hydrogen-bond acceptors (Lipinski definition) is 3. The molecule has 6 nitrogen and oxygen atoms in total. The molecule has 2 N–H and O–H groups in total. The van der Waals surface area contributed by atoms with E-state index in [9.17, 15) is 4.79 Å². The fraction of sp³-hybridized carbons (Fsp3) is 0.900. The van der Waals surface area contributed by atoms with Crippen LogP contribution in [0.5, 0.6) is 0 Å². The van der Waals surface area contributed by atoms with Crippen LogP contribution in [0.15, 0.2) is 4.99 Å². The first-order chi connectivity index (χ1) is 12.7. The van der Waals surface area contributed by atoms with E-state index in [4.69, 9.17) is 4.99 Å². The highest BCUT2D eigenvalue weighted by Crippen LogP contribution is 2.26. The Bertz CT molecular complexity index is 495. The fourth-order valence-corrected chi connectivity index (χ4v) is 4.61. The van der Waals surface area contributed by atoms with E-state index in [0.717, 1.165) is 51.4 Å². The van der Waals surface area contributed by atoms with Gasteiger partial charge in [-0.05, 0) is 52.6 Å². The number of nitrogens with zero attached hydrogens (tertiary/aromatic N) is 3. The maximum absolute atomic E-state index is 12.7. The number of aliphatic imine (C=N–C) groups is 1. The predicted molar refractivity (Wildman–Crippen MR) is 122 cm³/mol. The summed E-state index contributed by atoms with van der Waals surface area (Å²) in [6.45, 7) is 6.71. The van der Waals surface area contributed by atoms with Crippen LogP contribution in [-0.4, -0.2) is 73.5 Å². The van der Waals surface area contributed by atoms with Crippen LogP contribution < -0.4 is 10.6 Å². The molecule has 1 amide bonds. The molecule has 0 aromatic carbocycles. The molecule has 3 rings (SSSR count). The number of likely N-dealkylation sites (tertiary alicyclic amines) is 2. The van der Waals surface area contributed by atoms with Crippen LogP contribution in [0.3, 0.4) is 0 Å². The molecule has 0 spiro atoms. The molecule has 0 radical (unpaired) electrons. The van der Waals surface area contributed by atoms with Gasteiger partial charge in [0.05, 0.1) is 6.54 Å². The number of guanidine groups is 1. The lowest BCUT2D eigenvalue weighted by Gasteiger charge is -2.26. The first-order valence-corrected chi connectivity index (χ1v) is 10.7. The summed E-state index contributed by atoms with van der Waals surface area (Å²) in [5.41, 5.74) is 0. The van der Waals surface area contributed by atoms with Crippen molar-refractivity contribution in [1.82, 2.24) is 20.4 Å². The first kappa shape index (κ1) is 22.7. The van der Waals surface area contributed by atoms with E-state index in [1.165, 1.54) is 38.6 Å². The van der Waals surface area contributed by atoms with Crippen molar-refractivity contribution in [1.29, 1.82) is 0 Å². The number of amides is 1. The van der Waals surface area contributed by atoms with Gasteiger partial charge in [-0.15, -0.1) is 24.0 Å². The second kappa shape index (κ2) is 11.4. The van der Waals surface area contributed by atoms with Crippen LogP contribution in [-0.2, 0) is 4.79 Å². The van der Waals surface area contributed by atoms with E-state index in [-0.39, 0.29) is 29.9 Å². The normalized spacial score (nSPS) is 27.5. The summed E-state index contributed by atoms with van der Waals surface area (Å²) in [4.78, 5) is 22.1. The number of halogens is 1. The van der Waals surface area contributed by atoms with Gasteiger partial charge < -0.3 is 20.4 Å². The summed E-state index contributed by atoms with van der Waals surface area (Å²) < 4.78 is 0. The molecule has 3 aliphatic rings. The molecule has 7 heteroatoms. The molecule has 27 heavy (non-hydrogen) atoms. The maximum atomic E-state index is 12.7. The van der Waals surface area contributed by atoms with Gasteiger partial charge in [0.2, 0.25) is 5.91 Å². The molecule has 3 fully saturated rings. The highest BCUT2D eigenvalue weighted by Gasteiger charge is 2.31. The smallest absolute Gasteiger partial charge is 0.225 e. The number of likely N-dealkylation sites (N-methyl/N-ethyl adjacent to an activating group) is 1. The van der Waals surface area contributed by atoms with Crippen LogP contribution >= 0.6 is 24.0 Å². The maximum Gasteiger partial charge on any atom is 0.225 e. The highest BCUT2D eigenvalue weighted by atomic mass is 127. The summed E-state index contributed by atoms with van der Waals surface area (Å²) in [6, 6.07) is 0.889. The zero-order chi connectivity index (χ0) is 18.4. The van der Waals surface area contributed by atoms with Crippen LogP contribution in [0.4, 0.5) is 0 Å². The molecule has 2 saturated heterocycles. The Kier molecular flexibility index (Phi) is 9.62. The molecule has 156 valence electrons. The zero-order valence-corrected chi connectivity index (χ0v) is 19.4. The summed E-state index contributed by atoms with van der Waals surface area (Å²) >= 11 is 0. The Hall–Kier alpha value is -0.570. The first-order valence-electron chi connectivity index (χ1n) is 10.7. The largest absolute Gasteiger partial charge is 0.357 e. The molecule has 1 saturated carbocycles. The second-order valence-electron chi connectivity index (χ2n) is 8.25. The van der Waals surface area contributed by atoms with Gasteiger partial charge in [0, 0.05) is 37.6 Å². The van der Waals surface area contributed by atoms with E-state index in [1.54, 1.807) is 0 Å². The molecule has 2 aliphatic heterocycles. The summed E-state index contributed by atoms with van der Waals surface area (Å²) in [5.74, 6) is 1.58. The average Bonchev–Trinajstić information content (AvgIpc) is 3.29. The van der Waals surface area contributed by atoms with Crippen molar-refractivity contribution >= 4 is 35.8 Å². The minimum absolute atomic E-state index is 0.